The minimum atomic E-state index is -0.150. The molecule has 0 bridgehead atoms. The van der Waals surface area contributed by atoms with Crippen molar-refractivity contribution in [1.29, 1.82) is 0 Å². The van der Waals surface area contributed by atoms with Crippen LogP contribution in [0.3, 0.4) is 0 Å². The van der Waals surface area contributed by atoms with Gasteiger partial charge in [0.25, 0.3) is 11.8 Å². The van der Waals surface area contributed by atoms with Gasteiger partial charge in [-0.05, 0) is 43.2 Å². The van der Waals surface area contributed by atoms with Crippen LogP contribution in [0.2, 0.25) is 0 Å². The summed E-state index contributed by atoms with van der Waals surface area (Å²) in [5.41, 5.74) is 2.15. The fraction of sp³-hybridized carbons (Fsp3) is 0.263. The van der Waals surface area contributed by atoms with Crippen LogP contribution in [0.25, 0.3) is 0 Å². The van der Waals surface area contributed by atoms with Crippen LogP contribution in [0, 0.1) is 0 Å². The minimum absolute atomic E-state index is 0.115. The van der Waals surface area contributed by atoms with E-state index in [4.69, 9.17) is 0 Å². The maximum atomic E-state index is 12.1. The Labute approximate surface area is 136 Å². The largest absolute Gasteiger partial charge is 0.350 e. The highest BCUT2D eigenvalue weighted by molar-refractivity contribution is 5.97. The van der Waals surface area contributed by atoms with Gasteiger partial charge in [0.1, 0.15) is 0 Å². The Morgan fingerprint density at radius 2 is 1.48 bits per heavy atom. The lowest BCUT2D eigenvalue weighted by Crippen LogP contribution is -2.32. The average molecular weight is 310 g/mol. The summed E-state index contributed by atoms with van der Waals surface area (Å²) in [5.74, 6) is -0.265. The number of rotatable bonds is 6. The molecule has 2 amide bonds. The Morgan fingerprint density at radius 1 is 0.913 bits per heavy atom. The molecular formula is C19H22N2O2. The molecule has 1 unspecified atom stereocenters. The van der Waals surface area contributed by atoms with E-state index < -0.39 is 0 Å². The van der Waals surface area contributed by atoms with Crippen LogP contribution in [0.4, 0.5) is 0 Å². The van der Waals surface area contributed by atoms with Crippen molar-refractivity contribution in [3.05, 3.63) is 71.3 Å². The molecular weight excluding hydrogens is 288 g/mol. The molecule has 120 valence electrons. The van der Waals surface area contributed by atoms with Crippen LogP contribution in [-0.4, -0.2) is 17.9 Å². The molecule has 0 aromatic heterocycles. The van der Waals surface area contributed by atoms with Gasteiger partial charge in [-0.25, -0.2) is 0 Å². The van der Waals surface area contributed by atoms with E-state index in [0.717, 1.165) is 12.0 Å². The summed E-state index contributed by atoms with van der Waals surface area (Å²) in [6.07, 6.45) is 0.881. The average Bonchev–Trinajstić information content (AvgIpc) is 2.60. The summed E-state index contributed by atoms with van der Waals surface area (Å²) in [6, 6.07) is 16.6. The number of nitrogens with one attached hydrogen (secondary N) is 2. The molecule has 2 N–H and O–H groups in total. The van der Waals surface area contributed by atoms with E-state index in [9.17, 15) is 9.59 Å². The summed E-state index contributed by atoms with van der Waals surface area (Å²) in [6.45, 7) is 4.46. The summed E-state index contributed by atoms with van der Waals surface area (Å²) < 4.78 is 0. The minimum Gasteiger partial charge on any atom is -0.350 e. The summed E-state index contributed by atoms with van der Waals surface area (Å²) >= 11 is 0. The summed E-state index contributed by atoms with van der Waals surface area (Å²) in [7, 11) is 0. The van der Waals surface area contributed by atoms with Crippen molar-refractivity contribution >= 4 is 11.8 Å². The Balaban J connectivity index is 1.93. The van der Waals surface area contributed by atoms with Crippen LogP contribution >= 0.6 is 0 Å². The zero-order chi connectivity index (χ0) is 16.7. The number of carbonyl (C=O) groups excluding carboxylic acids is 2. The third-order valence-corrected chi connectivity index (χ3v) is 3.70. The number of hydrogen-bond acceptors (Lipinski definition) is 2. The first-order chi connectivity index (χ1) is 11.1. The number of carbonyl (C=O) groups is 2. The van der Waals surface area contributed by atoms with Crippen LogP contribution in [0.15, 0.2) is 54.6 Å². The van der Waals surface area contributed by atoms with Crippen LogP contribution in [-0.2, 0) is 6.54 Å². The fourth-order valence-electron chi connectivity index (χ4n) is 2.06. The second kappa shape index (κ2) is 8.13. The van der Waals surface area contributed by atoms with Crippen molar-refractivity contribution < 1.29 is 9.59 Å². The lowest BCUT2D eigenvalue weighted by Gasteiger charge is -2.11. The highest BCUT2D eigenvalue weighted by Crippen LogP contribution is 2.06. The van der Waals surface area contributed by atoms with Gasteiger partial charge in [-0.1, -0.05) is 37.3 Å². The number of amides is 2. The van der Waals surface area contributed by atoms with Crippen LogP contribution in [0.1, 0.15) is 46.5 Å². The van der Waals surface area contributed by atoms with E-state index >= 15 is 0 Å². The molecule has 4 nitrogen and oxygen atoms in total. The van der Waals surface area contributed by atoms with Crippen LogP contribution in [0.5, 0.6) is 0 Å². The first kappa shape index (κ1) is 16.7. The van der Waals surface area contributed by atoms with Gasteiger partial charge < -0.3 is 10.6 Å². The molecule has 23 heavy (non-hydrogen) atoms. The Hall–Kier alpha value is -2.62. The molecule has 2 rings (SSSR count). The topological polar surface area (TPSA) is 58.2 Å². The molecule has 4 heteroatoms. The SMILES string of the molecule is CCC(C)NC(=O)c1ccc(C(=O)NCc2ccccc2)cc1. The quantitative estimate of drug-likeness (QED) is 0.861. The molecule has 0 aliphatic carbocycles. The maximum Gasteiger partial charge on any atom is 0.251 e. The lowest BCUT2D eigenvalue weighted by molar-refractivity contribution is 0.0931. The van der Waals surface area contributed by atoms with E-state index in [1.54, 1.807) is 24.3 Å². The molecule has 0 spiro atoms. The molecule has 0 radical (unpaired) electrons. The van der Waals surface area contributed by atoms with Gasteiger partial charge in [0.05, 0.1) is 0 Å². The second-order valence-electron chi connectivity index (χ2n) is 5.53. The first-order valence-corrected chi connectivity index (χ1v) is 7.83. The van der Waals surface area contributed by atoms with Crippen molar-refractivity contribution in [1.82, 2.24) is 10.6 Å². The third kappa shape index (κ3) is 4.95. The van der Waals surface area contributed by atoms with Crippen LogP contribution < -0.4 is 10.6 Å². The molecule has 2 aromatic carbocycles. The molecule has 0 saturated heterocycles. The summed E-state index contributed by atoms with van der Waals surface area (Å²) in [5, 5.41) is 5.77. The summed E-state index contributed by atoms with van der Waals surface area (Å²) in [4.78, 5) is 24.1. The molecule has 0 aliphatic rings. The van der Waals surface area contributed by atoms with Gasteiger partial charge in [-0.15, -0.1) is 0 Å². The molecule has 0 saturated carbocycles. The van der Waals surface area contributed by atoms with E-state index in [2.05, 4.69) is 10.6 Å². The normalized spacial score (nSPS) is 11.6. The smallest absolute Gasteiger partial charge is 0.251 e. The van der Waals surface area contributed by atoms with E-state index in [1.807, 2.05) is 44.2 Å². The zero-order valence-electron chi connectivity index (χ0n) is 13.5. The highest BCUT2D eigenvalue weighted by Gasteiger charge is 2.10. The fourth-order valence-corrected chi connectivity index (χ4v) is 2.06. The van der Waals surface area contributed by atoms with Gasteiger partial charge in [0.15, 0.2) is 0 Å². The second-order valence-corrected chi connectivity index (χ2v) is 5.53. The monoisotopic (exact) mass is 310 g/mol. The van der Waals surface area contributed by atoms with Crippen molar-refractivity contribution in [2.75, 3.05) is 0 Å². The highest BCUT2D eigenvalue weighted by atomic mass is 16.2. The predicted molar refractivity (Wildman–Crippen MR) is 91.3 cm³/mol. The number of benzene rings is 2. The van der Waals surface area contributed by atoms with Crippen molar-refractivity contribution in [3.63, 3.8) is 0 Å². The van der Waals surface area contributed by atoms with Gasteiger partial charge >= 0.3 is 0 Å². The van der Waals surface area contributed by atoms with E-state index in [1.165, 1.54) is 0 Å². The molecule has 0 aliphatic heterocycles. The van der Waals surface area contributed by atoms with Gasteiger partial charge in [-0.2, -0.15) is 0 Å². The van der Waals surface area contributed by atoms with E-state index in [-0.39, 0.29) is 17.9 Å². The Morgan fingerprint density at radius 3 is 2.04 bits per heavy atom. The van der Waals surface area contributed by atoms with Gasteiger partial charge in [0.2, 0.25) is 0 Å². The van der Waals surface area contributed by atoms with Crippen molar-refractivity contribution in [3.8, 4) is 0 Å². The Bertz CT molecular complexity index is 651. The maximum absolute atomic E-state index is 12.1. The van der Waals surface area contributed by atoms with Gasteiger partial charge in [0, 0.05) is 23.7 Å². The predicted octanol–water partition coefficient (Wildman–Crippen LogP) is 3.14. The Kier molecular flexibility index (Phi) is 5.92. The molecule has 0 fully saturated rings. The van der Waals surface area contributed by atoms with Crippen molar-refractivity contribution in [2.45, 2.75) is 32.9 Å². The van der Waals surface area contributed by atoms with E-state index in [0.29, 0.717) is 17.7 Å². The molecule has 2 aromatic rings. The lowest BCUT2D eigenvalue weighted by atomic mass is 10.1. The first-order valence-electron chi connectivity index (χ1n) is 7.83. The molecule has 1 atom stereocenters. The zero-order valence-corrected chi connectivity index (χ0v) is 13.5. The standard InChI is InChI=1S/C19H22N2O2/c1-3-14(2)21-19(23)17-11-9-16(10-12-17)18(22)20-13-15-7-5-4-6-8-15/h4-12,14H,3,13H2,1-2H3,(H,20,22)(H,21,23). The van der Waals surface area contributed by atoms with Crippen molar-refractivity contribution in [2.24, 2.45) is 0 Å². The third-order valence-electron chi connectivity index (χ3n) is 3.70. The number of hydrogen-bond donors (Lipinski definition) is 2. The molecule has 0 heterocycles. The van der Waals surface area contributed by atoms with Gasteiger partial charge in [-0.3, -0.25) is 9.59 Å².